The van der Waals surface area contributed by atoms with Gasteiger partial charge in [0, 0.05) is 16.5 Å². The maximum Gasteiger partial charge on any atom is 0.239 e. The molecule has 3 aromatic heterocycles. The van der Waals surface area contributed by atoms with Crippen molar-refractivity contribution in [1.82, 2.24) is 24.9 Å². The second-order valence-electron chi connectivity index (χ2n) is 6.88. The quantitative estimate of drug-likeness (QED) is 0.353. The Balaban J connectivity index is 1.65. The van der Waals surface area contributed by atoms with Crippen LogP contribution in [0.1, 0.15) is 49.4 Å². The minimum Gasteiger partial charge on any atom is -0.467 e. The van der Waals surface area contributed by atoms with Gasteiger partial charge >= 0.3 is 0 Å². The second kappa shape index (κ2) is 8.42. The molecule has 0 N–H and O–H groups in total. The van der Waals surface area contributed by atoms with Crippen LogP contribution in [0, 0.1) is 0 Å². The van der Waals surface area contributed by atoms with Crippen LogP contribution < -0.4 is 0 Å². The van der Waals surface area contributed by atoms with Crippen molar-refractivity contribution < 1.29 is 8.94 Å². The molecule has 1 atom stereocenters. The number of furan rings is 1. The summed E-state index contributed by atoms with van der Waals surface area (Å²) in [4.78, 5) is 4.50. The Kier molecular flexibility index (Phi) is 5.73. The SMILES string of the molecule is CC(C)c1noc(C(C)Sc2nnc(-c3ccc(Cl)cc3)n2Cc2ccco2)n1. The summed E-state index contributed by atoms with van der Waals surface area (Å²) >= 11 is 7.55. The summed E-state index contributed by atoms with van der Waals surface area (Å²) in [6.45, 7) is 6.58. The lowest BCUT2D eigenvalue weighted by molar-refractivity contribution is 0.372. The lowest BCUT2D eigenvalue weighted by Gasteiger charge is -2.10. The fraction of sp³-hybridized carbons (Fsp3) is 0.300. The number of hydrogen-bond acceptors (Lipinski definition) is 7. The second-order valence-corrected chi connectivity index (χ2v) is 8.63. The van der Waals surface area contributed by atoms with E-state index in [0.29, 0.717) is 23.3 Å². The monoisotopic (exact) mass is 429 g/mol. The molecule has 0 aliphatic heterocycles. The van der Waals surface area contributed by atoms with Crippen molar-refractivity contribution in [1.29, 1.82) is 0 Å². The molecule has 0 spiro atoms. The highest BCUT2D eigenvalue weighted by Crippen LogP contribution is 2.35. The molecule has 3 heterocycles. The van der Waals surface area contributed by atoms with Crippen molar-refractivity contribution in [3.8, 4) is 11.4 Å². The molecular formula is C20H20ClN5O2S. The molecule has 1 unspecified atom stereocenters. The Morgan fingerprint density at radius 3 is 2.55 bits per heavy atom. The number of halogens is 1. The molecule has 150 valence electrons. The lowest BCUT2D eigenvalue weighted by Crippen LogP contribution is -2.04. The van der Waals surface area contributed by atoms with Gasteiger partial charge in [0.05, 0.1) is 18.1 Å². The van der Waals surface area contributed by atoms with Gasteiger partial charge in [-0.05, 0) is 43.3 Å². The minimum atomic E-state index is -0.0763. The van der Waals surface area contributed by atoms with Crippen LogP contribution in [0.4, 0.5) is 0 Å². The van der Waals surface area contributed by atoms with Gasteiger partial charge in [-0.25, -0.2) is 0 Å². The predicted molar refractivity (Wildman–Crippen MR) is 111 cm³/mol. The van der Waals surface area contributed by atoms with Crippen LogP contribution in [0.25, 0.3) is 11.4 Å². The zero-order valence-corrected chi connectivity index (χ0v) is 17.8. The van der Waals surface area contributed by atoms with Gasteiger partial charge in [0.15, 0.2) is 16.8 Å². The highest BCUT2D eigenvalue weighted by atomic mass is 35.5. The number of thioether (sulfide) groups is 1. The fourth-order valence-corrected chi connectivity index (χ4v) is 3.75. The standard InChI is InChI=1S/C20H20ClN5O2S/c1-12(2)17-22-19(28-25-17)13(3)29-20-24-23-18(14-6-8-15(21)9-7-14)26(20)11-16-5-4-10-27-16/h4-10,12-13H,11H2,1-3H3. The molecule has 0 amide bonds. The normalized spacial score (nSPS) is 12.6. The van der Waals surface area contributed by atoms with E-state index < -0.39 is 0 Å². The minimum absolute atomic E-state index is 0.0763. The lowest BCUT2D eigenvalue weighted by atomic mass is 10.2. The van der Waals surface area contributed by atoms with Crippen LogP contribution in [0.5, 0.6) is 0 Å². The zero-order chi connectivity index (χ0) is 20.4. The first kappa shape index (κ1) is 19.7. The largest absolute Gasteiger partial charge is 0.467 e. The highest BCUT2D eigenvalue weighted by molar-refractivity contribution is 7.99. The Morgan fingerprint density at radius 2 is 1.90 bits per heavy atom. The molecule has 9 heteroatoms. The molecule has 7 nitrogen and oxygen atoms in total. The molecule has 0 aliphatic rings. The van der Waals surface area contributed by atoms with E-state index in [0.717, 1.165) is 22.3 Å². The summed E-state index contributed by atoms with van der Waals surface area (Å²) in [5, 5.41) is 14.2. The first-order valence-corrected chi connectivity index (χ1v) is 10.5. The Labute approximate surface area is 177 Å². The van der Waals surface area contributed by atoms with Gasteiger partial charge in [-0.15, -0.1) is 10.2 Å². The summed E-state index contributed by atoms with van der Waals surface area (Å²) in [7, 11) is 0. The molecule has 0 aliphatic carbocycles. The Morgan fingerprint density at radius 1 is 1.10 bits per heavy atom. The van der Waals surface area contributed by atoms with Crippen molar-refractivity contribution in [3.63, 3.8) is 0 Å². The van der Waals surface area contributed by atoms with E-state index >= 15 is 0 Å². The predicted octanol–water partition coefficient (Wildman–Crippen LogP) is 5.60. The average molecular weight is 430 g/mol. The van der Waals surface area contributed by atoms with Crippen LogP contribution in [0.2, 0.25) is 5.02 Å². The van der Waals surface area contributed by atoms with Gasteiger partial charge in [0.2, 0.25) is 5.89 Å². The molecule has 0 saturated heterocycles. The van der Waals surface area contributed by atoms with Gasteiger partial charge in [-0.2, -0.15) is 4.98 Å². The van der Waals surface area contributed by atoms with E-state index in [4.69, 9.17) is 20.5 Å². The van der Waals surface area contributed by atoms with Crippen molar-refractivity contribution in [2.75, 3.05) is 0 Å². The highest BCUT2D eigenvalue weighted by Gasteiger charge is 2.22. The Hall–Kier alpha value is -2.58. The molecule has 4 aromatic rings. The fourth-order valence-electron chi connectivity index (χ4n) is 2.74. The number of hydrogen-bond donors (Lipinski definition) is 0. The van der Waals surface area contributed by atoms with Gasteiger partial charge in [-0.1, -0.05) is 42.4 Å². The molecular weight excluding hydrogens is 410 g/mol. The van der Waals surface area contributed by atoms with Crippen molar-refractivity contribution in [3.05, 3.63) is 65.2 Å². The molecule has 1 aromatic carbocycles. The third kappa shape index (κ3) is 4.38. The van der Waals surface area contributed by atoms with Crippen molar-refractivity contribution in [2.24, 2.45) is 0 Å². The maximum absolute atomic E-state index is 6.03. The first-order valence-electron chi connectivity index (χ1n) is 9.23. The van der Waals surface area contributed by atoms with E-state index in [1.807, 2.05) is 61.7 Å². The average Bonchev–Trinajstić information content (AvgIpc) is 3.45. The molecule has 4 rings (SSSR count). The smallest absolute Gasteiger partial charge is 0.239 e. The van der Waals surface area contributed by atoms with Crippen LogP contribution >= 0.6 is 23.4 Å². The van der Waals surface area contributed by atoms with Crippen LogP contribution in [-0.4, -0.2) is 24.9 Å². The molecule has 0 radical (unpaired) electrons. The molecule has 0 bridgehead atoms. The van der Waals surface area contributed by atoms with E-state index in [1.54, 1.807) is 6.26 Å². The zero-order valence-electron chi connectivity index (χ0n) is 16.2. The Bertz CT molecular complexity index is 1070. The third-order valence-electron chi connectivity index (χ3n) is 4.32. The number of rotatable bonds is 7. The van der Waals surface area contributed by atoms with Crippen molar-refractivity contribution >= 4 is 23.4 Å². The summed E-state index contributed by atoms with van der Waals surface area (Å²) < 4.78 is 13.0. The first-order chi connectivity index (χ1) is 14.0. The van der Waals surface area contributed by atoms with Gasteiger partial charge in [0.1, 0.15) is 5.76 Å². The van der Waals surface area contributed by atoms with E-state index in [1.165, 1.54) is 11.8 Å². The van der Waals surface area contributed by atoms with Gasteiger partial charge < -0.3 is 8.94 Å². The molecule has 0 saturated carbocycles. The molecule has 0 fully saturated rings. The number of benzene rings is 1. The maximum atomic E-state index is 6.03. The number of aromatic nitrogens is 5. The van der Waals surface area contributed by atoms with Crippen LogP contribution in [0.3, 0.4) is 0 Å². The van der Waals surface area contributed by atoms with Crippen LogP contribution in [0.15, 0.2) is 56.8 Å². The topological polar surface area (TPSA) is 82.8 Å². The van der Waals surface area contributed by atoms with Crippen LogP contribution in [-0.2, 0) is 6.54 Å². The summed E-state index contributed by atoms with van der Waals surface area (Å²) in [6, 6.07) is 11.3. The molecule has 29 heavy (non-hydrogen) atoms. The summed E-state index contributed by atoms with van der Waals surface area (Å²) in [6.07, 6.45) is 1.66. The van der Waals surface area contributed by atoms with E-state index in [-0.39, 0.29) is 11.2 Å². The van der Waals surface area contributed by atoms with E-state index in [2.05, 4.69) is 20.3 Å². The van der Waals surface area contributed by atoms with Gasteiger partial charge in [0.25, 0.3) is 0 Å². The summed E-state index contributed by atoms with van der Waals surface area (Å²) in [5.41, 5.74) is 0.924. The van der Waals surface area contributed by atoms with Gasteiger partial charge in [-0.3, -0.25) is 4.57 Å². The third-order valence-corrected chi connectivity index (χ3v) is 5.64. The van der Waals surface area contributed by atoms with Crippen molar-refractivity contribution in [2.45, 2.75) is 43.6 Å². The number of nitrogens with zero attached hydrogens (tertiary/aromatic N) is 5. The summed E-state index contributed by atoms with van der Waals surface area (Å²) in [5.74, 6) is 3.03. The van der Waals surface area contributed by atoms with E-state index in [9.17, 15) is 0 Å².